The number of anilines is 1. The topological polar surface area (TPSA) is 55.1 Å². The molecule has 3 rings (SSSR count). The van der Waals surface area contributed by atoms with Crippen LogP contribution in [0.1, 0.15) is 16.1 Å². The first-order valence-electron chi connectivity index (χ1n) is 6.83. The minimum Gasteiger partial charge on any atom is -0.451 e. The van der Waals surface area contributed by atoms with Crippen LogP contribution in [0.15, 0.2) is 57.6 Å². The summed E-state index contributed by atoms with van der Waals surface area (Å²) in [5.74, 6) is 0.875. The van der Waals surface area contributed by atoms with Gasteiger partial charge in [0, 0.05) is 16.2 Å². The average Bonchev–Trinajstić information content (AvgIpc) is 3.00. The molecule has 2 heterocycles. The van der Waals surface area contributed by atoms with E-state index in [1.165, 1.54) is 0 Å². The lowest BCUT2D eigenvalue weighted by Crippen LogP contribution is -2.13. The zero-order valence-electron chi connectivity index (χ0n) is 12.1. The number of carbonyl (C=O) groups excluding carboxylic acids is 1. The molecule has 0 atom stereocenters. The van der Waals surface area contributed by atoms with Crippen LogP contribution in [0, 0.1) is 6.92 Å². The monoisotopic (exact) mass is 390 g/mol. The third-order valence-electron chi connectivity index (χ3n) is 3.25. The zero-order valence-corrected chi connectivity index (χ0v) is 14.5. The van der Waals surface area contributed by atoms with E-state index in [4.69, 9.17) is 16.0 Å². The lowest BCUT2D eigenvalue weighted by Gasteiger charge is -2.06. The van der Waals surface area contributed by atoms with Crippen molar-refractivity contribution in [2.24, 2.45) is 0 Å². The number of carbonyl (C=O) groups is 1. The van der Waals surface area contributed by atoms with Crippen LogP contribution in [0.3, 0.4) is 0 Å². The van der Waals surface area contributed by atoms with E-state index in [2.05, 4.69) is 26.2 Å². The van der Waals surface area contributed by atoms with Crippen molar-refractivity contribution in [1.29, 1.82) is 0 Å². The van der Waals surface area contributed by atoms with Crippen LogP contribution in [0.4, 0.5) is 5.82 Å². The highest BCUT2D eigenvalue weighted by atomic mass is 79.9. The summed E-state index contributed by atoms with van der Waals surface area (Å²) in [7, 11) is 0. The van der Waals surface area contributed by atoms with Gasteiger partial charge in [-0.25, -0.2) is 4.98 Å². The maximum absolute atomic E-state index is 12.3. The van der Waals surface area contributed by atoms with Crippen molar-refractivity contribution in [2.75, 3.05) is 5.32 Å². The molecule has 0 radical (unpaired) electrons. The Morgan fingerprint density at radius 2 is 2.04 bits per heavy atom. The van der Waals surface area contributed by atoms with Crippen LogP contribution in [0.5, 0.6) is 0 Å². The van der Waals surface area contributed by atoms with Crippen molar-refractivity contribution in [3.8, 4) is 11.3 Å². The first-order valence-corrected chi connectivity index (χ1v) is 8.00. The summed E-state index contributed by atoms with van der Waals surface area (Å²) >= 11 is 9.48. The smallest absolute Gasteiger partial charge is 0.292 e. The maximum Gasteiger partial charge on any atom is 0.292 e. The summed E-state index contributed by atoms with van der Waals surface area (Å²) in [6.07, 6.45) is 1.62. The highest BCUT2D eigenvalue weighted by molar-refractivity contribution is 9.10. The molecule has 116 valence electrons. The Morgan fingerprint density at radius 3 is 2.78 bits per heavy atom. The Kier molecular flexibility index (Phi) is 4.50. The van der Waals surface area contributed by atoms with Gasteiger partial charge in [-0.15, -0.1) is 0 Å². The molecule has 0 saturated heterocycles. The summed E-state index contributed by atoms with van der Waals surface area (Å²) in [6, 6.07) is 12.5. The number of furan rings is 1. The van der Waals surface area contributed by atoms with Gasteiger partial charge in [-0.05, 0) is 58.7 Å². The number of hydrogen-bond acceptors (Lipinski definition) is 3. The number of nitrogens with zero attached hydrogens (tertiary/aromatic N) is 1. The van der Waals surface area contributed by atoms with Crippen molar-refractivity contribution >= 4 is 39.3 Å². The predicted molar refractivity (Wildman–Crippen MR) is 93.8 cm³/mol. The normalized spacial score (nSPS) is 10.6. The molecule has 0 bridgehead atoms. The molecule has 0 aliphatic heterocycles. The van der Waals surface area contributed by atoms with E-state index in [0.29, 0.717) is 16.6 Å². The van der Waals surface area contributed by atoms with Crippen molar-refractivity contribution < 1.29 is 9.21 Å². The first kappa shape index (κ1) is 15.8. The van der Waals surface area contributed by atoms with Crippen molar-refractivity contribution in [2.45, 2.75) is 6.92 Å². The Hall–Kier alpha value is -2.11. The van der Waals surface area contributed by atoms with Crippen LogP contribution in [-0.2, 0) is 0 Å². The summed E-state index contributed by atoms with van der Waals surface area (Å²) in [5.41, 5.74) is 1.59. The second-order valence-electron chi connectivity index (χ2n) is 4.92. The third kappa shape index (κ3) is 3.46. The molecule has 1 N–H and O–H groups in total. The van der Waals surface area contributed by atoms with Gasteiger partial charge in [-0.3, -0.25) is 4.79 Å². The van der Waals surface area contributed by atoms with Gasteiger partial charge in [-0.2, -0.15) is 0 Å². The minimum atomic E-state index is -0.360. The van der Waals surface area contributed by atoms with E-state index in [0.717, 1.165) is 15.6 Å². The largest absolute Gasteiger partial charge is 0.451 e. The van der Waals surface area contributed by atoms with E-state index in [9.17, 15) is 4.79 Å². The van der Waals surface area contributed by atoms with Crippen LogP contribution >= 0.6 is 27.5 Å². The number of aryl methyl sites for hydroxylation is 1. The Balaban J connectivity index is 1.83. The van der Waals surface area contributed by atoms with Crippen molar-refractivity contribution in [3.05, 3.63) is 69.5 Å². The molecule has 6 heteroatoms. The molecule has 3 aromatic rings. The highest BCUT2D eigenvalue weighted by Gasteiger charge is 2.15. The number of pyridine rings is 1. The number of halogens is 2. The molecule has 0 aliphatic rings. The van der Waals surface area contributed by atoms with Crippen molar-refractivity contribution in [1.82, 2.24) is 4.98 Å². The summed E-state index contributed by atoms with van der Waals surface area (Å²) in [5, 5.41) is 3.30. The maximum atomic E-state index is 12.3. The molecule has 0 saturated carbocycles. The van der Waals surface area contributed by atoms with Crippen LogP contribution in [0.2, 0.25) is 5.02 Å². The first-order chi connectivity index (χ1) is 11.0. The molecular formula is C17H12BrClN2O2. The second kappa shape index (κ2) is 6.56. The number of amides is 1. The molecule has 1 aromatic carbocycles. The lowest BCUT2D eigenvalue weighted by atomic mass is 10.2. The average molecular weight is 392 g/mol. The van der Waals surface area contributed by atoms with Gasteiger partial charge in [0.2, 0.25) is 0 Å². The molecule has 23 heavy (non-hydrogen) atoms. The van der Waals surface area contributed by atoms with Crippen molar-refractivity contribution in [3.63, 3.8) is 0 Å². The predicted octanol–water partition coefficient (Wildman–Crippen LogP) is 5.32. The second-order valence-corrected chi connectivity index (χ2v) is 6.24. The van der Waals surface area contributed by atoms with E-state index >= 15 is 0 Å². The molecule has 0 aliphatic carbocycles. The standard InChI is InChI=1S/C17H12BrClN2O2/c1-10-8-11(18)9-20-16(10)21-17(22)15-7-6-14(23-15)12-4-2-3-5-13(12)19/h2-9H,1H3,(H,20,21,22). The summed E-state index contributed by atoms with van der Waals surface area (Å²) in [6.45, 7) is 1.87. The summed E-state index contributed by atoms with van der Waals surface area (Å²) in [4.78, 5) is 16.5. The number of hydrogen-bond donors (Lipinski definition) is 1. The third-order valence-corrected chi connectivity index (χ3v) is 4.01. The highest BCUT2D eigenvalue weighted by Crippen LogP contribution is 2.29. The molecule has 0 fully saturated rings. The molecular weight excluding hydrogens is 380 g/mol. The fourth-order valence-corrected chi connectivity index (χ4v) is 2.78. The SMILES string of the molecule is Cc1cc(Br)cnc1NC(=O)c1ccc(-c2ccccc2Cl)o1. The summed E-state index contributed by atoms with van der Waals surface area (Å²) < 4.78 is 6.47. The lowest BCUT2D eigenvalue weighted by molar-refractivity contribution is 0.0997. The molecule has 2 aromatic heterocycles. The fraction of sp³-hybridized carbons (Fsp3) is 0.0588. The van der Waals surface area contributed by atoms with Gasteiger partial charge in [0.15, 0.2) is 5.76 Å². The Bertz CT molecular complexity index is 877. The number of nitrogens with one attached hydrogen (secondary N) is 1. The zero-order chi connectivity index (χ0) is 16.4. The molecule has 0 unspecified atom stereocenters. The van der Waals surface area contributed by atoms with E-state index in [1.807, 2.05) is 31.2 Å². The number of benzene rings is 1. The Morgan fingerprint density at radius 1 is 1.26 bits per heavy atom. The number of aromatic nitrogens is 1. The molecule has 1 amide bonds. The van der Waals surface area contributed by atoms with Gasteiger partial charge < -0.3 is 9.73 Å². The van der Waals surface area contributed by atoms with Gasteiger partial charge in [0.25, 0.3) is 5.91 Å². The van der Waals surface area contributed by atoms with Gasteiger partial charge >= 0.3 is 0 Å². The fourth-order valence-electron chi connectivity index (χ4n) is 2.11. The van der Waals surface area contributed by atoms with Crippen LogP contribution in [-0.4, -0.2) is 10.9 Å². The van der Waals surface area contributed by atoms with Crippen LogP contribution < -0.4 is 5.32 Å². The van der Waals surface area contributed by atoms with Gasteiger partial charge in [0.05, 0.1) is 5.02 Å². The minimum absolute atomic E-state index is 0.198. The van der Waals surface area contributed by atoms with E-state index in [1.54, 1.807) is 24.4 Å². The van der Waals surface area contributed by atoms with Crippen LogP contribution in [0.25, 0.3) is 11.3 Å². The van der Waals surface area contributed by atoms with Gasteiger partial charge in [-0.1, -0.05) is 23.7 Å². The quantitative estimate of drug-likeness (QED) is 0.657. The van der Waals surface area contributed by atoms with Gasteiger partial charge in [0.1, 0.15) is 11.6 Å². The molecule has 4 nitrogen and oxygen atoms in total. The molecule has 0 spiro atoms. The Labute approximate surface area is 146 Å². The number of rotatable bonds is 3. The van der Waals surface area contributed by atoms with E-state index in [-0.39, 0.29) is 11.7 Å². The van der Waals surface area contributed by atoms with E-state index < -0.39 is 0 Å².